The second kappa shape index (κ2) is 7.13. The van der Waals surface area contributed by atoms with Gasteiger partial charge in [-0.15, -0.1) is 0 Å². The van der Waals surface area contributed by atoms with Crippen LogP contribution in [0, 0.1) is 5.41 Å². The van der Waals surface area contributed by atoms with Crippen molar-refractivity contribution < 1.29 is 29.0 Å². The molecule has 2 aliphatic rings. The Hall–Kier alpha value is -2.57. The number of cyclic esters (lactones) is 1. The normalized spacial score (nSPS) is 21.1. The molecule has 1 aromatic carbocycles. The molecule has 3 rings (SSSR count). The number of fused-ring (bicyclic) bond motifs is 1. The summed E-state index contributed by atoms with van der Waals surface area (Å²) in [4.78, 5) is 35.0. The molecule has 2 N–H and O–H groups in total. The third-order valence-corrected chi connectivity index (χ3v) is 4.91. The smallest absolute Gasteiger partial charge is 0.410 e. The maximum absolute atomic E-state index is 12.1. The average Bonchev–Trinajstić information content (AvgIpc) is 2.90. The van der Waals surface area contributed by atoms with Gasteiger partial charge in [-0.2, -0.15) is 0 Å². The maximum atomic E-state index is 12.1. The SMILES string of the molecule is O=C(O)CC1(CNC(=O)OC2OC(=O)c3ccccc32)CCCCC1. The van der Waals surface area contributed by atoms with Crippen molar-refractivity contribution in [2.45, 2.75) is 44.8 Å². The molecule has 0 spiro atoms. The number of amides is 1. The first-order valence-corrected chi connectivity index (χ1v) is 8.45. The zero-order chi connectivity index (χ0) is 17.9. The Balaban J connectivity index is 1.59. The van der Waals surface area contributed by atoms with Crippen LogP contribution in [0.2, 0.25) is 0 Å². The Morgan fingerprint density at radius 1 is 1.24 bits per heavy atom. The summed E-state index contributed by atoms with van der Waals surface area (Å²) in [6.45, 7) is 0.237. The van der Waals surface area contributed by atoms with Gasteiger partial charge >= 0.3 is 18.0 Å². The van der Waals surface area contributed by atoms with Gasteiger partial charge in [-0.3, -0.25) is 4.79 Å². The molecular weight excluding hydrogens is 326 g/mol. The molecule has 1 aliphatic carbocycles. The molecule has 134 valence electrons. The lowest BCUT2D eigenvalue weighted by atomic mass is 9.72. The molecule has 1 amide bonds. The largest absolute Gasteiger partial charge is 0.481 e. The summed E-state index contributed by atoms with van der Waals surface area (Å²) in [6.07, 6.45) is 2.77. The van der Waals surface area contributed by atoms with Gasteiger partial charge in [0.25, 0.3) is 6.29 Å². The number of hydrogen-bond donors (Lipinski definition) is 2. The van der Waals surface area contributed by atoms with Crippen molar-refractivity contribution >= 4 is 18.0 Å². The van der Waals surface area contributed by atoms with Gasteiger partial charge in [-0.25, -0.2) is 9.59 Å². The first-order chi connectivity index (χ1) is 12.0. The Kier molecular flexibility index (Phi) is 4.92. The van der Waals surface area contributed by atoms with E-state index in [1.54, 1.807) is 24.3 Å². The minimum absolute atomic E-state index is 0.0223. The van der Waals surface area contributed by atoms with Crippen LogP contribution >= 0.6 is 0 Å². The first-order valence-electron chi connectivity index (χ1n) is 8.45. The second-order valence-electron chi connectivity index (χ2n) is 6.71. The molecule has 1 aromatic rings. The lowest BCUT2D eigenvalue weighted by Crippen LogP contribution is -2.41. The van der Waals surface area contributed by atoms with Gasteiger partial charge in [-0.1, -0.05) is 37.5 Å². The topological polar surface area (TPSA) is 102 Å². The predicted molar refractivity (Wildman–Crippen MR) is 86.9 cm³/mol. The predicted octanol–water partition coefficient (Wildman–Crippen LogP) is 3.01. The fourth-order valence-electron chi connectivity index (χ4n) is 3.64. The Morgan fingerprint density at radius 2 is 1.96 bits per heavy atom. The molecule has 1 saturated carbocycles. The summed E-state index contributed by atoms with van der Waals surface area (Å²) >= 11 is 0. The van der Waals surface area contributed by atoms with E-state index >= 15 is 0 Å². The van der Waals surface area contributed by atoms with Gasteiger partial charge < -0.3 is 19.9 Å². The van der Waals surface area contributed by atoms with Crippen LogP contribution in [-0.4, -0.2) is 29.7 Å². The lowest BCUT2D eigenvalue weighted by Gasteiger charge is -2.36. The molecular formula is C18H21NO6. The molecule has 1 fully saturated rings. The molecule has 0 bridgehead atoms. The van der Waals surface area contributed by atoms with Crippen LogP contribution in [0.5, 0.6) is 0 Å². The number of carboxylic acids is 1. The van der Waals surface area contributed by atoms with Crippen molar-refractivity contribution in [1.29, 1.82) is 0 Å². The number of benzene rings is 1. The van der Waals surface area contributed by atoms with Crippen molar-refractivity contribution in [1.82, 2.24) is 5.32 Å². The number of rotatable bonds is 5. The van der Waals surface area contributed by atoms with Gasteiger partial charge in [0.05, 0.1) is 12.0 Å². The minimum Gasteiger partial charge on any atom is -0.481 e. The third kappa shape index (κ3) is 3.92. The van der Waals surface area contributed by atoms with Crippen molar-refractivity contribution in [2.24, 2.45) is 5.41 Å². The van der Waals surface area contributed by atoms with E-state index in [9.17, 15) is 14.4 Å². The van der Waals surface area contributed by atoms with Crippen LogP contribution < -0.4 is 5.32 Å². The molecule has 0 aromatic heterocycles. The van der Waals surface area contributed by atoms with Gasteiger partial charge in [0, 0.05) is 12.1 Å². The fourth-order valence-corrected chi connectivity index (χ4v) is 3.64. The van der Waals surface area contributed by atoms with Crippen LogP contribution in [0.25, 0.3) is 0 Å². The van der Waals surface area contributed by atoms with Gasteiger partial charge in [0.15, 0.2) is 0 Å². The molecule has 0 radical (unpaired) electrons. The van der Waals surface area contributed by atoms with Gasteiger partial charge in [0.1, 0.15) is 0 Å². The van der Waals surface area contributed by atoms with Crippen LogP contribution in [0.3, 0.4) is 0 Å². The molecule has 1 heterocycles. The summed E-state index contributed by atoms with van der Waals surface area (Å²) in [5, 5.41) is 11.8. The highest BCUT2D eigenvalue weighted by molar-refractivity contribution is 5.94. The molecule has 1 aliphatic heterocycles. The number of esters is 1. The monoisotopic (exact) mass is 347 g/mol. The highest BCUT2D eigenvalue weighted by atomic mass is 16.7. The molecule has 7 heteroatoms. The Morgan fingerprint density at radius 3 is 2.68 bits per heavy atom. The standard InChI is InChI=1S/C18H21NO6/c20-14(21)10-18(8-4-1-5-9-18)11-19-17(23)25-16-13-7-3-2-6-12(13)15(22)24-16/h2-3,6-7,16H,1,4-5,8-11H2,(H,19,23)(H,20,21). The van der Waals surface area contributed by atoms with E-state index in [2.05, 4.69) is 5.32 Å². The van der Waals surface area contributed by atoms with E-state index in [4.69, 9.17) is 14.6 Å². The molecule has 1 atom stereocenters. The quantitative estimate of drug-likeness (QED) is 0.794. The number of aliphatic carboxylic acids is 1. The number of alkyl carbamates (subject to hydrolysis) is 1. The van der Waals surface area contributed by atoms with E-state index < -0.39 is 29.7 Å². The highest BCUT2D eigenvalue weighted by Gasteiger charge is 2.36. The van der Waals surface area contributed by atoms with Crippen LogP contribution in [0.1, 0.15) is 60.7 Å². The van der Waals surface area contributed by atoms with E-state index in [1.165, 1.54) is 0 Å². The van der Waals surface area contributed by atoms with E-state index in [0.29, 0.717) is 11.1 Å². The highest BCUT2D eigenvalue weighted by Crippen LogP contribution is 2.39. The summed E-state index contributed by atoms with van der Waals surface area (Å²) in [5.41, 5.74) is 0.461. The van der Waals surface area contributed by atoms with Gasteiger partial charge in [-0.05, 0) is 24.3 Å². The van der Waals surface area contributed by atoms with Crippen LogP contribution in [-0.2, 0) is 14.3 Å². The van der Waals surface area contributed by atoms with E-state index in [1.807, 2.05) is 0 Å². The van der Waals surface area contributed by atoms with Crippen molar-refractivity contribution in [3.63, 3.8) is 0 Å². The molecule has 7 nitrogen and oxygen atoms in total. The van der Waals surface area contributed by atoms with Crippen molar-refractivity contribution in [2.75, 3.05) is 6.54 Å². The summed E-state index contributed by atoms with van der Waals surface area (Å²) in [5.74, 6) is -1.39. The Bertz CT molecular complexity index is 680. The third-order valence-electron chi connectivity index (χ3n) is 4.91. The maximum Gasteiger partial charge on any atom is 0.410 e. The zero-order valence-electron chi connectivity index (χ0n) is 13.8. The van der Waals surface area contributed by atoms with E-state index in [0.717, 1.165) is 32.1 Å². The molecule has 0 saturated heterocycles. The Labute approximate surface area is 145 Å². The molecule has 25 heavy (non-hydrogen) atoms. The van der Waals surface area contributed by atoms with Crippen molar-refractivity contribution in [3.8, 4) is 0 Å². The number of ether oxygens (including phenoxy) is 2. The number of hydrogen-bond acceptors (Lipinski definition) is 5. The number of carbonyl (C=O) groups excluding carboxylic acids is 2. The second-order valence-corrected chi connectivity index (χ2v) is 6.71. The number of nitrogens with one attached hydrogen (secondary N) is 1. The lowest BCUT2D eigenvalue weighted by molar-refractivity contribution is -0.140. The van der Waals surface area contributed by atoms with Crippen LogP contribution in [0.15, 0.2) is 24.3 Å². The van der Waals surface area contributed by atoms with Crippen molar-refractivity contribution in [3.05, 3.63) is 35.4 Å². The summed E-state index contributed by atoms with van der Waals surface area (Å²) in [7, 11) is 0. The molecule has 1 unspecified atom stereocenters. The van der Waals surface area contributed by atoms with Gasteiger partial charge in [0.2, 0.25) is 0 Å². The summed E-state index contributed by atoms with van der Waals surface area (Å²) < 4.78 is 10.3. The summed E-state index contributed by atoms with van der Waals surface area (Å²) in [6, 6.07) is 6.73. The minimum atomic E-state index is -1.06. The van der Waals surface area contributed by atoms with Crippen LogP contribution in [0.4, 0.5) is 4.79 Å². The van der Waals surface area contributed by atoms with E-state index in [-0.39, 0.29) is 13.0 Å². The average molecular weight is 347 g/mol. The number of carboxylic acid groups (broad SMARTS) is 1. The first kappa shape index (κ1) is 17.3. The zero-order valence-corrected chi connectivity index (χ0v) is 13.8. The fraction of sp³-hybridized carbons (Fsp3) is 0.500. The number of carbonyl (C=O) groups is 3.